The number of aromatic nitrogens is 2. The van der Waals surface area contributed by atoms with Gasteiger partial charge >= 0.3 is 0 Å². The van der Waals surface area contributed by atoms with Crippen molar-refractivity contribution in [2.24, 2.45) is 5.41 Å². The van der Waals surface area contributed by atoms with E-state index >= 15 is 0 Å². The molecule has 360 valence electrons. The fourth-order valence-corrected chi connectivity index (χ4v) is 11.4. The van der Waals surface area contributed by atoms with E-state index in [0.717, 1.165) is 120 Å². The van der Waals surface area contributed by atoms with Crippen molar-refractivity contribution in [2.45, 2.75) is 95.2 Å². The number of pyridine rings is 1. The fraction of sp³-hybridized carbons (Fsp3) is 0.451. The number of amides is 1. The van der Waals surface area contributed by atoms with Gasteiger partial charge in [-0.15, -0.1) is 0 Å². The second-order valence-corrected chi connectivity index (χ2v) is 22.3. The van der Waals surface area contributed by atoms with Gasteiger partial charge in [0.1, 0.15) is 22.8 Å². The number of nitro groups is 1. The minimum Gasteiger partial charge on any atom is -0.455 e. The van der Waals surface area contributed by atoms with E-state index in [2.05, 4.69) is 74.5 Å². The molecular weight excluding hydrogens is 904 g/mol. The van der Waals surface area contributed by atoms with E-state index in [1.54, 1.807) is 30.5 Å². The van der Waals surface area contributed by atoms with Crippen LogP contribution in [0.25, 0.3) is 16.6 Å². The number of nitrogens with zero attached hydrogens (tertiary/aromatic N) is 5. The van der Waals surface area contributed by atoms with Gasteiger partial charge in [-0.3, -0.25) is 19.8 Å². The number of ether oxygens (including phenoxy) is 2. The molecule has 2 aromatic heterocycles. The van der Waals surface area contributed by atoms with Gasteiger partial charge in [-0.2, -0.15) is 0 Å². The number of anilines is 2. The highest BCUT2D eigenvalue weighted by Gasteiger charge is 2.35. The molecule has 3 fully saturated rings. The monoisotopic (exact) mass is 964 g/mol. The van der Waals surface area contributed by atoms with Crippen LogP contribution in [0.15, 0.2) is 95.7 Å². The molecule has 0 radical (unpaired) electrons. The molecule has 3 aliphatic heterocycles. The van der Waals surface area contributed by atoms with E-state index in [4.69, 9.17) is 21.1 Å². The van der Waals surface area contributed by atoms with E-state index in [1.807, 2.05) is 18.2 Å². The number of hydrogen-bond donors (Lipinski definition) is 3. The number of carbonyl (C=O) groups excluding carboxylic acids is 1. The summed E-state index contributed by atoms with van der Waals surface area (Å²) < 4.78 is 42.2. The van der Waals surface area contributed by atoms with Crippen molar-refractivity contribution in [2.75, 3.05) is 62.6 Å². The molecule has 0 spiro atoms. The Hall–Kier alpha value is -5.52. The van der Waals surface area contributed by atoms with Crippen LogP contribution in [0.4, 0.5) is 17.1 Å². The Kier molecular flexibility index (Phi) is 13.6. The number of nitro benzene ring substituents is 1. The molecule has 1 atom stereocenters. The van der Waals surface area contributed by atoms with Crippen molar-refractivity contribution in [3.8, 4) is 11.5 Å². The van der Waals surface area contributed by atoms with Crippen LogP contribution in [0.2, 0.25) is 5.02 Å². The fourth-order valence-electron chi connectivity index (χ4n) is 10.3. The molecule has 3 N–H and O–H groups in total. The van der Waals surface area contributed by atoms with Gasteiger partial charge in [0.15, 0.2) is 0 Å². The van der Waals surface area contributed by atoms with Crippen LogP contribution in [0.3, 0.4) is 0 Å². The van der Waals surface area contributed by atoms with Crippen molar-refractivity contribution >= 4 is 61.2 Å². The molecule has 4 aliphatic rings. The lowest BCUT2D eigenvalue weighted by atomic mass is 9.72. The van der Waals surface area contributed by atoms with Crippen LogP contribution in [-0.2, 0) is 14.8 Å². The maximum atomic E-state index is 14.1. The molecule has 5 aromatic rings. The molecule has 5 heterocycles. The summed E-state index contributed by atoms with van der Waals surface area (Å²) in [6, 6.07) is 21.0. The summed E-state index contributed by atoms with van der Waals surface area (Å²) in [5.74, 6) is -0.459. The molecule has 0 saturated carbocycles. The molecule has 15 nitrogen and oxygen atoms in total. The van der Waals surface area contributed by atoms with Gasteiger partial charge in [0, 0.05) is 98.9 Å². The number of allylic oxidation sites excluding steroid dienone is 1. The number of fused-ring (bicyclic) bond motifs is 1. The Balaban J connectivity index is 0.897. The SMILES string of the molecule is CC1(C)CCC(CN2CCN(c3ccc(C(=O)NS(=O)(=O)c4ccc(NC5CCN(C6CCOC(C)(C)C6)CC5)c([N+](=O)[O-])c4)c(Oc4cnc5[nH]ccc5c4)c3)CC2)=C(c2ccc(Cl)cc2)C1. The third-order valence-electron chi connectivity index (χ3n) is 14.1. The van der Waals surface area contributed by atoms with Crippen molar-refractivity contribution in [3.05, 3.63) is 117 Å². The number of nitrogens with one attached hydrogen (secondary N) is 3. The number of piperazine rings is 1. The first-order valence-electron chi connectivity index (χ1n) is 23.7. The second kappa shape index (κ2) is 19.5. The number of hydrogen-bond acceptors (Lipinski definition) is 12. The maximum absolute atomic E-state index is 14.1. The zero-order valence-electron chi connectivity index (χ0n) is 39.2. The maximum Gasteiger partial charge on any atom is 0.293 e. The third kappa shape index (κ3) is 11.0. The van der Waals surface area contributed by atoms with Crippen molar-refractivity contribution in [1.29, 1.82) is 0 Å². The van der Waals surface area contributed by atoms with Crippen molar-refractivity contribution < 1.29 is 27.6 Å². The number of likely N-dealkylation sites (tertiary alicyclic amines) is 1. The second-order valence-electron chi connectivity index (χ2n) is 20.1. The van der Waals surface area contributed by atoms with E-state index in [-0.39, 0.29) is 34.1 Å². The normalized spacial score (nSPS) is 20.6. The molecule has 1 aliphatic carbocycles. The quantitative estimate of drug-likeness (QED) is 0.0754. The number of rotatable bonds is 13. The standard InChI is InChI=1S/C51H61ClN8O7S/c1-50(2)18-13-36(44(31-50)34-5-7-37(52)8-6-34)33-57-22-24-59(25-23-57)39-9-11-43(47(28-39)67-41-27-35-14-19-53-48(35)54-32-41)49(61)56-68(64,65)42-10-12-45(46(29-42)60(62)63)55-38-15-20-58(21-16-38)40-17-26-66-51(3,4)30-40/h5-12,14,19,27-29,32,38,40,55H,13,15-18,20-26,30-31,33H2,1-4H3,(H,53,54)(H,56,61). The van der Waals surface area contributed by atoms with Crippen LogP contribution >= 0.6 is 11.6 Å². The Labute approximate surface area is 403 Å². The number of piperidine rings is 1. The number of sulfonamides is 1. The summed E-state index contributed by atoms with van der Waals surface area (Å²) >= 11 is 6.26. The molecule has 1 unspecified atom stereocenters. The Bertz CT molecular complexity index is 2810. The van der Waals surface area contributed by atoms with E-state index < -0.39 is 31.4 Å². The molecule has 0 bridgehead atoms. The Morgan fingerprint density at radius 2 is 1.74 bits per heavy atom. The van der Waals surface area contributed by atoms with Crippen molar-refractivity contribution in [3.63, 3.8) is 0 Å². The predicted octanol–water partition coefficient (Wildman–Crippen LogP) is 9.66. The average Bonchev–Trinajstić information content (AvgIpc) is 3.78. The minimum absolute atomic E-state index is 0.0283. The topological polar surface area (TPSA) is 175 Å². The van der Waals surface area contributed by atoms with Crippen LogP contribution in [-0.4, -0.2) is 109 Å². The summed E-state index contributed by atoms with van der Waals surface area (Å²) in [5.41, 5.74) is 5.45. The van der Waals surface area contributed by atoms with Crippen molar-refractivity contribution in [1.82, 2.24) is 24.5 Å². The Morgan fingerprint density at radius 1 is 0.971 bits per heavy atom. The minimum atomic E-state index is -4.58. The highest BCUT2D eigenvalue weighted by atomic mass is 35.5. The van der Waals surface area contributed by atoms with Gasteiger partial charge in [-0.25, -0.2) is 18.1 Å². The molecular formula is C51H61ClN8O7S. The first-order chi connectivity index (χ1) is 32.5. The lowest BCUT2D eigenvalue weighted by Crippen LogP contribution is -2.50. The van der Waals surface area contributed by atoms with Crippen LogP contribution in [0.5, 0.6) is 11.5 Å². The summed E-state index contributed by atoms with van der Waals surface area (Å²) in [6.07, 6.45) is 9.99. The smallest absolute Gasteiger partial charge is 0.293 e. The summed E-state index contributed by atoms with van der Waals surface area (Å²) in [7, 11) is -4.58. The summed E-state index contributed by atoms with van der Waals surface area (Å²) in [4.78, 5) is 40.1. The predicted molar refractivity (Wildman–Crippen MR) is 266 cm³/mol. The average molecular weight is 966 g/mol. The van der Waals surface area contributed by atoms with Gasteiger partial charge in [-0.1, -0.05) is 43.2 Å². The number of halogens is 1. The number of carbonyl (C=O) groups is 1. The number of aromatic amines is 1. The Morgan fingerprint density at radius 3 is 2.47 bits per heavy atom. The summed E-state index contributed by atoms with van der Waals surface area (Å²) in [6.45, 7) is 15.3. The van der Waals surface area contributed by atoms with Gasteiger partial charge in [0.2, 0.25) is 0 Å². The first-order valence-corrected chi connectivity index (χ1v) is 25.5. The van der Waals surface area contributed by atoms with Gasteiger partial charge in [0.05, 0.1) is 27.2 Å². The number of H-pyrrole nitrogens is 1. The zero-order valence-corrected chi connectivity index (χ0v) is 40.8. The highest BCUT2D eigenvalue weighted by Crippen LogP contribution is 2.44. The lowest BCUT2D eigenvalue weighted by Gasteiger charge is -2.44. The van der Waals surface area contributed by atoms with E-state index in [9.17, 15) is 23.3 Å². The zero-order chi connectivity index (χ0) is 47.8. The molecule has 3 aromatic carbocycles. The highest BCUT2D eigenvalue weighted by molar-refractivity contribution is 7.90. The molecule has 1 amide bonds. The summed E-state index contributed by atoms with van der Waals surface area (Å²) in [5, 5.41) is 17.2. The first kappa shape index (κ1) is 47.5. The van der Waals surface area contributed by atoms with Crippen LogP contribution in [0, 0.1) is 15.5 Å². The van der Waals surface area contributed by atoms with Gasteiger partial charge in [-0.05, 0) is 124 Å². The van der Waals surface area contributed by atoms with E-state index in [1.165, 1.54) is 35.0 Å². The van der Waals surface area contributed by atoms with Gasteiger partial charge < -0.3 is 29.6 Å². The molecule has 68 heavy (non-hydrogen) atoms. The van der Waals surface area contributed by atoms with Crippen LogP contribution in [0.1, 0.15) is 88.6 Å². The van der Waals surface area contributed by atoms with Gasteiger partial charge in [0.25, 0.3) is 21.6 Å². The molecule has 17 heteroatoms. The molecule has 9 rings (SSSR count). The number of benzene rings is 3. The lowest BCUT2D eigenvalue weighted by molar-refractivity contribution is -0.384. The molecule has 3 saturated heterocycles. The third-order valence-corrected chi connectivity index (χ3v) is 15.7. The largest absolute Gasteiger partial charge is 0.455 e. The van der Waals surface area contributed by atoms with Crippen LogP contribution < -0.4 is 19.7 Å². The van der Waals surface area contributed by atoms with E-state index in [0.29, 0.717) is 17.4 Å².